The molecule has 2 N–H and O–H groups in total. The molecule has 2 heterocycles. The van der Waals surface area contributed by atoms with Crippen LogP contribution in [0.15, 0.2) is 16.9 Å². The molecule has 1 saturated heterocycles. The molecule has 0 spiro atoms. The van der Waals surface area contributed by atoms with Crippen molar-refractivity contribution >= 4 is 5.95 Å². The fourth-order valence-corrected chi connectivity index (χ4v) is 3.63. The lowest BCUT2D eigenvalue weighted by molar-refractivity contribution is -0.137. The van der Waals surface area contributed by atoms with Gasteiger partial charge in [0.2, 0.25) is 5.95 Å². The Morgan fingerprint density at radius 3 is 2.66 bits per heavy atom. The fourth-order valence-electron chi connectivity index (χ4n) is 3.63. The summed E-state index contributed by atoms with van der Waals surface area (Å²) >= 11 is 0. The van der Waals surface area contributed by atoms with Crippen LogP contribution < -0.4 is 10.9 Å². The van der Waals surface area contributed by atoms with E-state index in [-0.39, 0.29) is 28.8 Å². The van der Waals surface area contributed by atoms with Crippen molar-refractivity contribution in [2.45, 2.75) is 38.9 Å². The first kappa shape index (κ1) is 21.1. The number of rotatable bonds is 4. The number of piperidine rings is 1. The molecule has 1 aromatic heterocycles. The third-order valence-corrected chi connectivity index (χ3v) is 5.23. The molecule has 1 aliphatic heterocycles. The van der Waals surface area contributed by atoms with Crippen LogP contribution in [0.4, 0.5) is 19.1 Å². The molecule has 0 saturated carbocycles. The van der Waals surface area contributed by atoms with Gasteiger partial charge in [0.1, 0.15) is 5.75 Å². The van der Waals surface area contributed by atoms with E-state index in [0.717, 1.165) is 38.5 Å². The number of alkyl halides is 3. The van der Waals surface area contributed by atoms with Crippen molar-refractivity contribution in [2.24, 2.45) is 7.05 Å². The van der Waals surface area contributed by atoms with Gasteiger partial charge >= 0.3 is 6.18 Å². The summed E-state index contributed by atoms with van der Waals surface area (Å²) in [4.78, 5) is 15.1. The lowest BCUT2D eigenvalue weighted by Crippen LogP contribution is -2.43. The summed E-state index contributed by atoms with van der Waals surface area (Å²) in [5.41, 5.74) is -1.69. The quantitative estimate of drug-likeness (QED) is 0.805. The number of benzene rings is 1. The SMILES string of the molecule is CCN1CCC[C@@H](Nc2nnc(-c3c(C)cc(C(F)(F)F)cc3O)c(=O)n2C)C1. The van der Waals surface area contributed by atoms with Crippen molar-refractivity contribution in [1.29, 1.82) is 0 Å². The van der Waals surface area contributed by atoms with Gasteiger partial charge < -0.3 is 15.3 Å². The maximum absolute atomic E-state index is 12.9. The molecule has 29 heavy (non-hydrogen) atoms. The van der Waals surface area contributed by atoms with E-state index in [1.165, 1.54) is 18.5 Å². The fraction of sp³-hybridized carbons (Fsp3) is 0.526. The molecule has 0 amide bonds. The van der Waals surface area contributed by atoms with Gasteiger partial charge in [-0.05, 0) is 50.6 Å². The van der Waals surface area contributed by atoms with Crippen LogP contribution in [0.5, 0.6) is 5.75 Å². The molecule has 10 heteroatoms. The molecule has 7 nitrogen and oxygen atoms in total. The second kappa shape index (κ2) is 8.02. The number of likely N-dealkylation sites (N-methyl/N-ethyl adjacent to an activating group) is 1. The van der Waals surface area contributed by atoms with E-state index in [9.17, 15) is 23.1 Å². The smallest absolute Gasteiger partial charge is 0.416 e. The zero-order valence-electron chi connectivity index (χ0n) is 16.5. The molecule has 0 unspecified atom stereocenters. The number of hydrogen-bond acceptors (Lipinski definition) is 6. The highest BCUT2D eigenvalue weighted by Gasteiger charge is 2.32. The Balaban J connectivity index is 1.93. The number of aryl methyl sites for hydroxylation is 1. The van der Waals surface area contributed by atoms with Gasteiger partial charge in [-0.2, -0.15) is 13.2 Å². The Bertz CT molecular complexity index is 935. The first-order chi connectivity index (χ1) is 13.6. The Hall–Kier alpha value is -2.62. The number of likely N-dealkylation sites (tertiary alicyclic amines) is 1. The lowest BCUT2D eigenvalue weighted by atomic mass is 10.0. The molecule has 1 fully saturated rings. The molecule has 1 atom stereocenters. The van der Waals surface area contributed by atoms with Crippen molar-refractivity contribution in [3.8, 4) is 17.0 Å². The highest BCUT2D eigenvalue weighted by molar-refractivity contribution is 5.70. The second-order valence-electron chi connectivity index (χ2n) is 7.30. The molecule has 158 valence electrons. The number of hydrogen-bond donors (Lipinski definition) is 2. The van der Waals surface area contributed by atoms with Crippen LogP contribution in [-0.4, -0.2) is 50.4 Å². The molecule has 1 aromatic carbocycles. The van der Waals surface area contributed by atoms with Crippen molar-refractivity contribution in [1.82, 2.24) is 19.7 Å². The van der Waals surface area contributed by atoms with Gasteiger partial charge in [0.25, 0.3) is 5.56 Å². The first-order valence-corrected chi connectivity index (χ1v) is 9.45. The summed E-state index contributed by atoms with van der Waals surface area (Å²) in [6, 6.07) is 1.59. The Labute approximate surface area is 166 Å². The van der Waals surface area contributed by atoms with Crippen LogP contribution in [0.1, 0.15) is 30.9 Å². The number of nitrogens with one attached hydrogen (secondary N) is 1. The van der Waals surface area contributed by atoms with Crippen LogP contribution in [0, 0.1) is 6.92 Å². The third-order valence-electron chi connectivity index (χ3n) is 5.23. The van der Waals surface area contributed by atoms with E-state index in [1.807, 2.05) is 0 Å². The van der Waals surface area contributed by atoms with Crippen LogP contribution in [0.3, 0.4) is 0 Å². The van der Waals surface area contributed by atoms with E-state index in [2.05, 4.69) is 27.3 Å². The average molecular weight is 411 g/mol. The lowest BCUT2D eigenvalue weighted by Gasteiger charge is -2.32. The zero-order chi connectivity index (χ0) is 21.3. The first-order valence-electron chi connectivity index (χ1n) is 9.45. The monoisotopic (exact) mass is 411 g/mol. The largest absolute Gasteiger partial charge is 0.507 e. The number of anilines is 1. The summed E-state index contributed by atoms with van der Waals surface area (Å²) in [5, 5.41) is 21.4. The minimum atomic E-state index is -4.60. The Morgan fingerprint density at radius 1 is 1.31 bits per heavy atom. The molecule has 0 aliphatic carbocycles. The van der Waals surface area contributed by atoms with E-state index < -0.39 is 23.0 Å². The summed E-state index contributed by atoms with van der Waals surface area (Å²) in [7, 11) is 1.51. The minimum absolute atomic E-state index is 0.0486. The number of nitrogens with zero attached hydrogens (tertiary/aromatic N) is 4. The molecule has 0 radical (unpaired) electrons. The third kappa shape index (κ3) is 4.36. The van der Waals surface area contributed by atoms with E-state index in [1.54, 1.807) is 0 Å². The number of aromatic nitrogens is 3. The predicted molar refractivity (Wildman–Crippen MR) is 103 cm³/mol. The van der Waals surface area contributed by atoms with Gasteiger partial charge in [-0.15, -0.1) is 10.2 Å². The zero-order valence-corrected chi connectivity index (χ0v) is 16.5. The molecular weight excluding hydrogens is 387 g/mol. The molecule has 0 bridgehead atoms. The molecule has 2 aromatic rings. The number of phenolic OH excluding ortho intramolecular Hbond substituents is 1. The van der Waals surface area contributed by atoms with Crippen molar-refractivity contribution in [3.63, 3.8) is 0 Å². The Morgan fingerprint density at radius 2 is 2.03 bits per heavy atom. The second-order valence-corrected chi connectivity index (χ2v) is 7.30. The van der Waals surface area contributed by atoms with E-state index in [0.29, 0.717) is 6.07 Å². The summed E-state index contributed by atoms with van der Waals surface area (Å²) < 4.78 is 40.1. The molecular formula is C19H24F3N5O2. The van der Waals surface area contributed by atoms with Gasteiger partial charge in [-0.25, -0.2) is 0 Å². The summed E-state index contributed by atoms with van der Waals surface area (Å²) in [6.45, 7) is 6.27. The van der Waals surface area contributed by atoms with E-state index in [4.69, 9.17) is 0 Å². The number of halogens is 3. The predicted octanol–water partition coefficient (Wildman–Crippen LogP) is 2.77. The van der Waals surface area contributed by atoms with Gasteiger partial charge in [-0.3, -0.25) is 9.36 Å². The molecule has 3 rings (SSSR count). The minimum Gasteiger partial charge on any atom is -0.507 e. The maximum atomic E-state index is 12.9. The van der Waals surface area contributed by atoms with Crippen LogP contribution >= 0.6 is 0 Å². The molecule has 1 aliphatic rings. The van der Waals surface area contributed by atoms with Gasteiger partial charge in [0.15, 0.2) is 5.69 Å². The topological polar surface area (TPSA) is 83.3 Å². The van der Waals surface area contributed by atoms with Crippen molar-refractivity contribution in [3.05, 3.63) is 33.6 Å². The normalized spacial score (nSPS) is 18.1. The number of aromatic hydroxyl groups is 1. The van der Waals surface area contributed by atoms with E-state index >= 15 is 0 Å². The maximum Gasteiger partial charge on any atom is 0.416 e. The van der Waals surface area contributed by atoms with Gasteiger partial charge in [0.05, 0.1) is 11.1 Å². The van der Waals surface area contributed by atoms with Crippen LogP contribution in [0.2, 0.25) is 0 Å². The van der Waals surface area contributed by atoms with Crippen molar-refractivity contribution < 1.29 is 18.3 Å². The average Bonchev–Trinajstić information content (AvgIpc) is 2.66. The highest BCUT2D eigenvalue weighted by atomic mass is 19.4. The van der Waals surface area contributed by atoms with Crippen molar-refractivity contribution in [2.75, 3.05) is 25.0 Å². The summed E-state index contributed by atoms with van der Waals surface area (Å²) in [5.74, 6) is -0.374. The number of phenols is 1. The standard InChI is InChI=1S/C19H24F3N5O2/c1-4-27-7-5-6-13(10-27)23-18-25-24-16(17(29)26(18)3)15-11(2)8-12(9-14(15)28)19(20,21)22/h8-9,13,28H,4-7,10H2,1-3H3,(H,23,25)/t13-/m1/s1. The van der Waals surface area contributed by atoms with Crippen LogP contribution in [-0.2, 0) is 13.2 Å². The Kier molecular flexibility index (Phi) is 5.83. The van der Waals surface area contributed by atoms with Crippen LogP contribution in [0.25, 0.3) is 11.3 Å². The van der Waals surface area contributed by atoms with Gasteiger partial charge in [-0.1, -0.05) is 6.92 Å². The van der Waals surface area contributed by atoms with Gasteiger partial charge in [0, 0.05) is 19.6 Å². The summed E-state index contributed by atoms with van der Waals surface area (Å²) in [6.07, 6.45) is -2.63. The highest BCUT2D eigenvalue weighted by Crippen LogP contribution is 2.37.